The van der Waals surface area contributed by atoms with E-state index in [2.05, 4.69) is 0 Å². The summed E-state index contributed by atoms with van der Waals surface area (Å²) in [4.78, 5) is 35.9. The average Bonchev–Trinajstić information content (AvgIpc) is 2.90. The number of rotatable bonds is 5. The Labute approximate surface area is 137 Å². The van der Waals surface area contributed by atoms with Crippen LogP contribution in [-0.2, 0) is 28.6 Å². The number of carbonyl (C=O) groups excluding carboxylic acids is 3. The van der Waals surface area contributed by atoms with Gasteiger partial charge in [0.1, 0.15) is 5.82 Å². The second-order valence-electron chi connectivity index (χ2n) is 4.63. The van der Waals surface area contributed by atoms with Crippen LogP contribution in [0.2, 0.25) is 0 Å². The van der Waals surface area contributed by atoms with E-state index in [4.69, 9.17) is 14.2 Å². The fourth-order valence-corrected chi connectivity index (χ4v) is 2.07. The Morgan fingerprint density at radius 1 is 1.04 bits per heavy atom. The molecule has 7 heteroatoms. The van der Waals surface area contributed by atoms with Crippen LogP contribution in [0.15, 0.2) is 41.7 Å². The van der Waals surface area contributed by atoms with E-state index in [1.54, 1.807) is 13.8 Å². The molecule has 0 saturated heterocycles. The highest BCUT2D eigenvalue weighted by molar-refractivity contribution is 6.18. The monoisotopic (exact) mass is 334 g/mol. The van der Waals surface area contributed by atoms with Gasteiger partial charge < -0.3 is 14.2 Å². The fraction of sp³-hybridized carbons (Fsp3) is 0.235. The first-order valence-electron chi connectivity index (χ1n) is 7.26. The second-order valence-corrected chi connectivity index (χ2v) is 4.63. The predicted octanol–water partition coefficient (Wildman–Crippen LogP) is 2.15. The van der Waals surface area contributed by atoms with Crippen LogP contribution in [0.1, 0.15) is 19.4 Å². The minimum absolute atomic E-state index is 0.0263. The summed E-state index contributed by atoms with van der Waals surface area (Å²) >= 11 is 0. The molecule has 1 aliphatic rings. The number of carbonyl (C=O) groups is 3. The van der Waals surface area contributed by atoms with Crippen molar-refractivity contribution in [1.82, 2.24) is 0 Å². The van der Waals surface area contributed by atoms with Crippen LogP contribution in [0, 0.1) is 5.82 Å². The van der Waals surface area contributed by atoms with Gasteiger partial charge >= 0.3 is 17.9 Å². The largest absolute Gasteiger partial charge is 0.462 e. The van der Waals surface area contributed by atoms with E-state index < -0.39 is 29.3 Å². The number of cyclic esters (lactones) is 1. The Kier molecular flexibility index (Phi) is 5.47. The standard InChI is InChI=1S/C17H15FO6/c1-3-22-16(20)14(17(21)23-4-2)15-12(9-13(19)24-15)10-5-7-11(18)8-6-10/h5-9H,3-4H2,1-2H3. The van der Waals surface area contributed by atoms with E-state index in [9.17, 15) is 18.8 Å². The van der Waals surface area contributed by atoms with E-state index in [0.29, 0.717) is 5.56 Å². The number of halogens is 1. The van der Waals surface area contributed by atoms with Crippen LogP contribution in [-0.4, -0.2) is 31.1 Å². The molecule has 6 nitrogen and oxygen atoms in total. The molecule has 0 aliphatic carbocycles. The summed E-state index contributed by atoms with van der Waals surface area (Å²) in [6.45, 7) is 3.20. The molecule has 0 fully saturated rings. The van der Waals surface area contributed by atoms with Gasteiger partial charge in [-0.3, -0.25) is 0 Å². The molecule has 1 aromatic rings. The minimum Gasteiger partial charge on any atom is -0.462 e. The fourth-order valence-electron chi connectivity index (χ4n) is 2.07. The molecule has 0 atom stereocenters. The van der Waals surface area contributed by atoms with Crippen LogP contribution in [0.4, 0.5) is 4.39 Å². The molecule has 2 rings (SSSR count). The summed E-state index contributed by atoms with van der Waals surface area (Å²) < 4.78 is 27.8. The lowest BCUT2D eigenvalue weighted by molar-refractivity contribution is -0.147. The predicted molar refractivity (Wildman–Crippen MR) is 80.8 cm³/mol. The van der Waals surface area contributed by atoms with Crippen molar-refractivity contribution in [3.63, 3.8) is 0 Å². The van der Waals surface area contributed by atoms with Gasteiger partial charge in [0.2, 0.25) is 0 Å². The van der Waals surface area contributed by atoms with Crippen molar-refractivity contribution < 1.29 is 33.0 Å². The average molecular weight is 334 g/mol. The maximum atomic E-state index is 13.1. The van der Waals surface area contributed by atoms with Gasteiger partial charge in [0.25, 0.3) is 0 Å². The van der Waals surface area contributed by atoms with E-state index >= 15 is 0 Å². The zero-order chi connectivity index (χ0) is 17.7. The second kappa shape index (κ2) is 7.54. The van der Waals surface area contributed by atoms with Gasteiger partial charge in [-0.05, 0) is 31.5 Å². The van der Waals surface area contributed by atoms with E-state index in [0.717, 1.165) is 6.08 Å². The van der Waals surface area contributed by atoms with Crippen molar-refractivity contribution in [2.24, 2.45) is 0 Å². The van der Waals surface area contributed by atoms with Crippen molar-refractivity contribution in [3.8, 4) is 0 Å². The van der Waals surface area contributed by atoms with Crippen molar-refractivity contribution in [2.45, 2.75) is 13.8 Å². The lowest BCUT2D eigenvalue weighted by Gasteiger charge is -2.11. The summed E-state index contributed by atoms with van der Waals surface area (Å²) in [6.07, 6.45) is 1.11. The Hall–Kier alpha value is -2.96. The van der Waals surface area contributed by atoms with Gasteiger partial charge in [-0.15, -0.1) is 0 Å². The van der Waals surface area contributed by atoms with E-state index in [1.807, 2.05) is 0 Å². The van der Waals surface area contributed by atoms with Crippen molar-refractivity contribution >= 4 is 23.5 Å². The highest BCUT2D eigenvalue weighted by Crippen LogP contribution is 2.32. The number of hydrogen-bond donors (Lipinski definition) is 0. The van der Waals surface area contributed by atoms with Gasteiger partial charge in [0.15, 0.2) is 11.3 Å². The first-order chi connectivity index (χ1) is 11.5. The number of esters is 3. The third kappa shape index (κ3) is 3.68. The lowest BCUT2D eigenvalue weighted by atomic mass is 10.0. The SMILES string of the molecule is CCOC(=O)C(C(=O)OCC)=C1OC(=O)C=C1c1ccc(F)cc1. The third-order valence-corrected chi connectivity index (χ3v) is 3.05. The molecule has 0 N–H and O–H groups in total. The number of ether oxygens (including phenoxy) is 3. The summed E-state index contributed by atoms with van der Waals surface area (Å²) in [5.74, 6) is -3.41. The molecule has 0 saturated carbocycles. The molecule has 126 valence electrons. The Morgan fingerprint density at radius 2 is 1.58 bits per heavy atom. The van der Waals surface area contributed by atoms with E-state index in [1.165, 1.54) is 24.3 Å². The number of allylic oxidation sites excluding steroid dienone is 1. The summed E-state index contributed by atoms with van der Waals surface area (Å²) in [5.41, 5.74) is 0.0691. The van der Waals surface area contributed by atoms with Crippen molar-refractivity contribution in [1.29, 1.82) is 0 Å². The topological polar surface area (TPSA) is 78.9 Å². The van der Waals surface area contributed by atoms with Gasteiger partial charge in [-0.25, -0.2) is 18.8 Å². The Bertz CT molecular complexity index is 710. The zero-order valence-electron chi connectivity index (χ0n) is 13.1. The molecule has 0 spiro atoms. The van der Waals surface area contributed by atoms with E-state index in [-0.39, 0.29) is 24.5 Å². The quantitative estimate of drug-likeness (QED) is 0.270. The molecule has 0 bridgehead atoms. The van der Waals surface area contributed by atoms with Crippen LogP contribution in [0.5, 0.6) is 0 Å². The Balaban J connectivity index is 2.56. The maximum Gasteiger partial charge on any atom is 0.349 e. The highest BCUT2D eigenvalue weighted by Gasteiger charge is 2.34. The van der Waals surface area contributed by atoms with Crippen LogP contribution < -0.4 is 0 Å². The smallest absolute Gasteiger partial charge is 0.349 e. The van der Waals surface area contributed by atoms with Gasteiger partial charge in [0.05, 0.1) is 13.2 Å². The molecular formula is C17H15FO6. The van der Waals surface area contributed by atoms with Gasteiger partial charge in [0, 0.05) is 11.6 Å². The molecule has 0 radical (unpaired) electrons. The van der Waals surface area contributed by atoms with Crippen LogP contribution >= 0.6 is 0 Å². The van der Waals surface area contributed by atoms with Crippen molar-refractivity contribution in [2.75, 3.05) is 13.2 Å². The molecule has 24 heavy (non-hydrogen) atoms. The molecule has 0 aromatic heterocycles. The van der Waals surface area contributed by atoms with Gasteiger partial charge in [-0.2, -0.15) is 0 Å². The molecule has 1 aliphatic heterocycles. The number of benzene rings is 1. The molecule has 1 aromatic carbocycles. The lowest BCUT2D eigenvalue weighted by Crippen LogP contribution is -2.21. The molecule has 1 heterocycles. The molecule has 0 amide bonds. The third-order valence-electron chi connectivity index (χ3n) is 3.05. The maximum absolute atomic E-state index is 13.1. The number of hydrogen-bond acceptors (Lipinski definition) is 6. The minimum atomic E-state index is -0.964. The Morgan fingerprint density at radius 3 is 2.08 bits per heavy atom. The molecular weight excluding hydrogens is 319 g/mol. The summed E-state index contributed by atoms with van der Waals surface area (Å²) in [5, 5.41) is 0. The zero-order valence-corrected chi connectivity index (χ0v) is 13.1. The molecule has 0 unspecified atom stereocenters. The van der Waals surface area contributed by atoms with Crippen LogP contribution in [0.3, 0.4) is 0 Å². The summed E-state index contributed by atoms with van der Waals surface area (Å²) in [6, 6.07) is 5.17. The normalized spacial score (nSPS) is 13.2. The highest BCUT2D eigenvalue weighted by atomic mass is 19.1. The summed E-state index contributed by atoms with van der Waals surface area (Å²) in [7, 11) is 0. The van der Waals surface area contributed by atoms with Gasteiger partial charge in [-0.1, -0.05) is 12.1 Å². The first kappa shape index (κ1) is 17.4. The van der Waals surface area contributed by atoms with Crippen molar-refractivity contribution in [3.05, 3.63) is 53.1 Å². The first-order valence-corrected chi connectivity index (χ1v) is 7.26. The van der Waals surface area contributed by atoms with Crippen LogP contribution in [0.25, 0.3) is 5.57 Å².